The number of nitrogens with zero attached hydrogens (tertiary/aromatic N) is 2. The fourth-order valence-corrected chi connectivity index (χ4v) is 4.35. The fourth-order valence-electron chi connectivity index (χ4n) is 4.35. The maximum Gasteiger partial charge on any atom is 0.226 e. The minimum absolute atomic E-state index is 0.00905. The first-order chi connectivity index (χ1) is 14.6. The Kier molecular flexibility index (Phi) is 6.45. The fraction of sp³-hybridized carbons (Fsp3) is 0.417. The van der Waals surface area contributed by atoms with Crippen LogP contribution in [0, 0.1) is 0 Å². The maximum absolute atomic E-state index is 12.8. The number of nitrogens with one attached hydrogen (secondary N) is 1. The number of hydrogen-bond acceptors (Lipinski definition) is 4. The number of carbonyl (C=O) groups excluding carboxylic acids is 2. The molecule has 1 atom stereocenters. The molecule has 0 aliphatic carbocycles. The molecule has 0 spiro atoms. The van der Waals surface area contributed by atoms with E-state index in [0.717, 1.165) is 50.5 Å². The summed E-state index contributed by atoms with van der Waals surface area (Å²) < 4.78 is 5.39. The summed E-state index contributed by atoms with van der Waals surface area (Å²) >= 11 is 0. The molecule has 2 heterocycles. The number of hydrogen-bond donors (Lipinski definition) is 1. The van der Waals surface area contributed by atoms with Gasteiger partial charge in [-0.25, -0.2) is 0 Å². The highest BCUT2D eigenvalue weighted by atomic mass is 16.5. The number of morpholine rings is 1. The van der Waals surface area contributed by atoms with E-state index in [0.29, 0.717) is 6.54 Å². The summed E-state index contributed by atoms with van der Waals surface area (Å²) in [7, 11) is 0. The second kappa shape index (κ2) is 9.41. The van der Waals surface area contributed by atoms with Crippen molar-refractivity contribution in [3.8, 4) is 0 Å². The molecule has 1 saturated heterocycles. The third-order valence-electron chi connectivity index (χ3n) is 5.94. The highest BCUT2D eigenvalue weighted by Crippen LogP contribution is 2.32. The topological polar surface area (TPSA) is 61.9 Å². The lowest BCUT2D eigenvalue weighted by Gasteiger charge is -2.36. The lowest BCUT2D eigenvalue weighted by molar-refractivity contribution is -0.132. The van der Waals surface area contributed by atoms with Crippen molar-refractivity contribution in [3.63, 3.8) is 0 Å². The van der Waals surface area contributed by atoms with Crippen molar-refractivity contribution < 1.29 is 14.3 Å². The lowest BCUT2D eigenvalue weighted by atomic mass is 9.90. The van der Waals surface area contributed by atoms with E-state index in [1.54, 1.807) is 6.92 Å². The van der Waals surface area contributed by atoms with E-state index < -0.39 is 0 Å². The van der Waals surface area contributed by atoms with Crippen molar-refractivity contribution in [3.05, 3.63) is 65.2 Å². The minimum atomic E-state index is -0.215. The van der Waals surface area contributed by atoms with Crippen LogP contribution in [0.5, 0.6) is 0 Å². The Bertz CT molecular complexity index is 891. The second-order valence-electron chi connectivity index (χ2n) is 8.01. The average molecular weight is 408 g/mol. The molecule has 2 aliphatic heterocycles. The number of ether oxygens (including phenoxy) is 1. The van der Waals surface area contributed by atoms with Crippen molar-refractivity contribution in [2.45, 2.75) is 32.4 Å². The van der Waals surface area contributed by atoms with Crippen molar-refractivity contribution in [2.75, 3.05) is 38.2 Å². The molecular weight excluding hydrogens is 378 g/mol. The largest absolute Gasteiger partial charge is 0.379 e. The van der Waals surface area contributed by atoms with Crippen LogP contribution in [0.3, 0.4) is 0 Å². The Morgan fingerprint density at radius 2 is 1.77 bits per heavy atom. The number of carbonyl (C=O) groups is 2. The molecule has 1 N–H and O–H groups in total. The van der Waals surface area contributed by atoms with Gasteiger partial charge in [0, 0.05) is 38.8 Å². The molecule has 2 amide bonds. The molecule has 2 aromatic carbocycles. The predicted molar refractivity (Wildman–Crippen MR) is 116 cm³/mol. The van der Waals surface area contributed by atoms with Gasteiger partial charge in [-0.2, -0.15) is 0 Å². The Hall–Kier alpha value is -2.70. The molecule has 1 fully saturated rings. The monoisotopic (exact) mass is 407 g/mol. The third-order valence-corrected chi connectivity index (χ3v) is 5.94. The molecule has 6 heteroatoms. The molecule has 30 heavy (non-hydrogen) atoms. The Morgan fingerprint density at radius 3 is 2.50 bits per heavy atom. The Labute approximate surface area is 177 Å². The molecule has 4 rings (SSSR count). The van der Waals surface area contributed by atoms with E-state index in [9.17, 15) is 9.59 Å². The Balaban J connectivity index is 1.39. The first-order valence-corrected chi connectivity index (χ1v) is 10.6. The molecule has 2 aliphatic rings. The lowest BCUT2D eigenvalue weighted by Crippen LogP contribution is -2.40. The summed E-state index contributed by atoms with van der Waals surface area (Å²) in [5, 5.41) is 3.00. The summed E-state index contributed by atoms with van der Waals surface area (Å²) in [5.41, 5.74) is 4.30. The van der Waals surface area contributed by atoms with Crippen LogP contribution in [0.4, 0.5) is 5.69 Å². The summed E-state index contributed by atoms with van der Waals surface area (Å²) in [6.45, 7) is 6.60. The van der Waals surface area contributed by atoms with Gasteiger partial charge in [0.25, 0.3) is 0 Å². The minimum Gasteiger partial charge on any atom is -0.379 e. The number of rotatable bonds is 5. The number of amides is 2. The maximum atomic E-state index is 12.8. The van der Waals surface area contributed by atoms with Gasteiger partial charge in [0.05, 0.1) is 25.7 Å². The molecule has 2 aromatic rings. The number of fused-ring (bicyclic) bond motifs is 1. The van der Waals surface area contributed by atoms with E-state index >= 15 is 0 Å². The van der Waals surface area contributed by atoms with Crippen LogP contribution >= 0.6 is 0 Å². The van der Waals surface area contributed by atoms with Gasteiger partial charge < -0.3 is 15.0 Å². The van der Waals surface area contributed by atoms with Crippen molar-refractivity contribution in [1.29, 1.82) is 0 Å². The van der Waals surface area contributed by atoms with Crippen LogP contribution in [0.2, 0.25) is 0 Å². The van der Waals surface area contributed by atoms with Gasteiger partial charge in [0.15, 0.2) is 0 Å². The van der Waals surface area contributed by atoms with Crippen LogP contribution in [0.15, 0.2) is 48.5 Å². The quantitative estimate of drug-likeness (QED) is 0.828. The molecule has 6 nitrogen and oxygen atoms in total. The molecular formula is C24H29N3O3. The van der Waals surface area contributed by atoms with Gasteiger partial charge in [-0.1, -0.05) is 36.4 Å². The zero-order valence-electron chi connectivity index (χ0n) is 17.5. The third kappa shape index (κ3) is 4.89. The zero-order chi connectivity index (χ0) is 20.9. The first kappa shape index (κ1) is 20.6. The van der Waals surface area contributed by atoms with Crippen molar-refractivity contribution in [2.24, 2.45) is 0 Å². The van der Waals surface area contributed by atoms with Crippen LogP contribution < -0.4 is 5.32 Å². The summed E-state index contributed by atoms with van der Waals surface area (Å²) in [6.07, 6.45) is 1.09. The molecule has 1 unspecified atom stereocenters. The predicted octanol–water partition coefficient (Wildman–Crippen LogP) is 2.99. The van der Waals surface area contributed by atoms with Crippen molar-refractivity contribution >= 4 is 17.5 Å². The summed E-state index contributed by atoms with van der Waals surface area (Å²) in [5.74, 6) is -0.0707. The van der Waals surface area contributed by atoms with Crippen LogP contribution in [-0.2, 0) is 27.3 Å². The number of benzene rings is 2. The average Bonchev–Trinajstić information content (AvgIpc) is 2.76. The van der Waals surface area contributed by atoms with E-state index in [-0.39, 0.29) is 24.3 Å². The van der Waals surface area contributed by atoms with Gasteiger partial charge >= 0.3 is 0 Å². The summed E-state index contributed by atoms with van der Waals surface area (Å²) in [4.78, 5) is 29.1. The van der Waals surface area contributed by atoms with Crippen LogP contribution in [-0.4, -0.2) is 54.5 Å². The molecule has 158 valence electrons. The van der Waals surface area contributed by atoms with E-state index in [4.69, 9.17) is 4.74 Å². The van der Waals surface area contributed by atoms with Gasteiger partial charge in [-0.3, -0.25) is 14.5 Å². The van der Waals surface area contributed by atoms with E-state index in [2.05, 4.69) is 28.4 Å². The highest BCUT2D eigenvalue weighted by Gasteiger charge is 2.30. The standard InChI is InChI=1S/C24H29N3O3/c1-18(28)27-11-10-20-4-2-3-5-22(20)23(27)16-24(29)25-21-8-6-19(7-9-21)17-26-12-14-30-15-13-26/h2-9,23H,10-17H2,1H3,(H,25,29). The SMILES string of the molecule is CC(=O)N1CCc2ccccc2C1CC(=O)Nc1ccc(CN2CCOCC2)cc1. The van der Waals surface area contributed by atoms with Gasteiger partial charge in [0.2, 0.25) is 11.8 Å². The van der Waals surface area contributed by atoms with E-state index in [1.807, 2.05) is 35.2 Å². The summed E-state index contributed by atoms with van der Waals surface area (Å²) in [6, 6.07) is 15.9. The normalized spacial score (nSPS) is 19.2. The van der Waals surface area contributed by atoms with Gasteiger partial charge in [-0.05, 0) is 35.2 Å². The molecule has 0 bridgehead atoms. The highest BCUT2D eigenvalue weighted by molar-refractivity contribution is 5.91. The van der Waals surface area contributed by atoms with E-state index in [1.165, 1.54) is 11.1 Å². The number of anilines is 1. The van der Waals surface area contributed by atoms with Gasteiger partial charge in [0.1, 0.15) is 0 Å². The van der Waals surface area contributed by atoms with Crippen LogP contribution in [0.1, 0.15) is 36.1 Å². The molecule has 0 saturated carbocycles. The van der Waals surface area contributed by atoms with Crippen LogP contribution in [0.25, 0.3) is 0 Å². The van der Waals surface area contributed by atoms with Gasteiger partial charge in [-0.15, -0.1) is 0 Å². The smallest absolute Gasteiger partial charge is 0.226 e. The second-order valence-corrected chi connectivity index (χ2v) is 8.01. The zero-order valence-corrected chi connectivity index (χ0v) is 17.5. The Morgan fingerprint density at radius 1 is 1.03 bits per heavy atom. The molecule has 0 radical (unpaired) electrons. The molecule has 0 aromatic heterocycles. The van der Waals surface area contributed by atoms with Crippen molar-refractivity contribution in [1.82, 2.24) is 9.80 Å². The first-order valence-electron chi connectivity index (χ1n) is 10.6.